The van der Waals surface area contributed by atoms with Crippen molar-refractivity contribution >= 4 is 15.9 Å². The van der Waals surface area contributed by atoms with Crippen LogP contribution in [0.1, 0.15) is 12.8 Å². The SMILES string of the molecule is C=C(CBr)C1CCNCC1. The second kappa shape index (κ2) is 4.14. The van der Waals surface area contributed by atoms with E-state index in [4.69, 9.17) is 0 Å². The van der Waals surface area contributed by atoms with Gasteiger partial charge in [-0.2, -0.15) is 0 Å². The topological polar surface area (TPSA) is 12.0 Å². The first-order valence-corrected chi connectivity index (χ1v) is 4.91. The second-order valence-corrected chi connectivity index (χ2v) is 3.38. The lowest BCUT2D eigenvalue weighted by Crippen LogP contribution is -2.28. The molecule has 0 amide bonds. The molecule has 0 aliphatic carbocycles. The number of alkyl halides is 1. The first-order valence-electron chi connectivity index (χ1n) is 3.79. The van der Waals surface area contributed by atoms with Crippen LogP contribution in [0.3, 0.4) is 0 Å². The minimum atomic E-state index is 0.764. The van der Waals surface area contributed by atoms with Crippen molar-refractivity contribution in [3.63, 3.8) is 0 Å². The van der Waals surface area contributed by atoms with Gasteiger partial charge < -0.3 is 5.32 Å². The van der Waals surface area contributed by atoms with E-state index in [1.807, 2.05) is 0 Å². The Morgan fingerprint density at radius 1 is 1.50 bits per heavy atom. The number of halogens is 1. The summed E-state index contributed by atoms with van der Waals surface area (Å²) in [5.41, 5.74) is 1.36. The predicted octanol–water partition coefficient (Wildman–Crippen LogP) is 1.94. The second-order valence-electron chi connectivity index (χ2n) is 2.82. The van der Waals surface area contributed by atoms with Gasteiger partial charge in [0.1, 0.15) is 0 Å². The average Bonchev–Trinajstić information content (AvgIpc) is 2.05. The fraction of sp³-hybridized carbons (Fsp3) is 0.750. The van der Waals surface area contributed by atoms with Crippen LogP contribution >= 0.6 is 15.9 Å². The largest absolute Gasteiger partial charge is 0.317 e. The molecule has 0 unspecified atom stereocenters. The molecule has 1 aliphatic rings. The summed E-state index contributed by atoms with van der Waals surface area (Å²) < 4.78 is 0. The smallest absolute Gasteiger partial charge is 0.0241 e. The molecule has 0 aromatic carbocycles. The molecule has 0 saturated carbocycles. The van der Waals surface area contributed by atoms with E-state index in [0.717, 1.165) is 24.3 Å². The van der Waals surface area contributed by atoms with Crippen LogP contribution in [-0.2, 0) is 0 Å². The van der Waals surface area contributed by atoms with Gasteiger partial charge in [-0.1, -0.05) is 28.1 Å². The molecular weight excluding hydrogens is 190 g/mol. The van der Waals surface area contributed by atoms with Gasteiger partial charge in [-0.15, -0.1) is 0 Å². The zero-order valence-corrected chi connectivity index (χ0v) is 7.78. The Labute approximate surface area is 71.0 Å². The first-order chi connectivity index (χ1) is 4.84. The fourth-order valence-electron chi connectivity index (χ4n) is 1.34. The maximum absolute atomic E-state index is 4.02. The average molecular weight is 204 g/mol. The van der Waals surface area contributed by atoms with E-state index in [-0.39, 0.29) is 0 Å². The number of rotatable bonds is 2. The molecule has 1 aliphatic heterocycles. The fourth-order valence-corrected chi connectivity index (χ4v) is 1.80. The quantitative estimate of drug-likeness (QED) is 0.535. The third-order valence-electron chi connectivity index (χ3n) is 2.09. The van der Waals surface area contributed by atoms with Gasteiger partial charge in [-0.05, 0) is 31.8 Å². The molecule has 1 saturated heterocycles. The van der Waals surface area contributed by atoms with Crippen molar-refractivity contribution in [3.8, 4) is 0 Å². The summed E-state index contributed by atoms with van der Waals surface area (Å²) >= 11 is 3.43. The summed E-state index contributed by atoms with van der Waals surface area (Å²) in [6, 6.07) is 0. The first kappa shape index (κ1) is 8.28. The normalized spacial score (nSPS) is 20.9. The van der Waals surface area contributed by atoms with Crippen molar-refractivity contribution in [2.75, 3.05) is 18.4 Å². The Kier molecular flexibility index (Phi) is 3.43. The van der Waals surface area contributed by atoms with E-state index in [9.17, 15) is 0 Å². The molecule has 58 valence electrons. The number of allylic oxidation sites excluding steroid dienone is 1. The van der Waals surface area contributed by atoms with Gasteiger partial charge in [0, 0.05) is 5.33 Å². The molecule has 0 aromatic heterocycles. The molecule has 0 spiro atoms. The monoisotopic (exact) mass is 203 g/mol. The number of piperidine rings is 1. The standard InChI is InChI=1S/C8H14BrN/c1-7(6-9)8-2-4-10-5-3-8/h8,10H,1-6H2. The highest BCUT2D eigenvalue weighted by Gasteiger charge is 2.14. The molecule has 1 heterocycles. The lowest BCUT2D eigenvalue weighted by molar-refractivity contribution is 0.422. The number of nitrogens with one attached hydrogen (secondary N) is 1. The van der Waals surface area contributed by atoms with Gasteiger partial charge in [0.05, 0.1) is 0 Å². The van der Waals surface area contributed by atoms with Gasteiger partial charge in [0.25, 0.3) is 0 Å². The Balaban J connectivity index is 2.31. The van der Waals surface area contributed by atoms with Gasteiger partial charge in [0.2, 0.25) is 0 Å². The maximum Gasteiger partial charge on any atom is 0.0241 e. The van der Waals surface area contributed by atoms with Crippen LogP contribution in [0.25, 0.3) is 0 Å². The predicted molar refractivity (Wildman–Crippen MR) is 48.5 cm³/mol. The molecular formula is C8H14BrN. The lowest BCUT2D eigenvalue weighted by atomic mass is 9.92. The number of hydrogen-bond acceptors (Lipinski definition) is 1. The molecule has 0 aromatic rings. The Bertz CT molecular complexity index is 116. The van der Waals surface area contributed by atoms with Gasteiger partial charge in [-0.25, -0.2) is 0 Å². The molecule has 1 fully saturated rings. The van der Waals surface area contributed by atoms with Crippen molar-refractivity contribution < 1.29 is 0 Å². The van der Waals surface area contributed by atoms with Crippen molar-refractivity contribution in [1.82, 2.24) is 5.32 Å². The van der Waals surface area contributed by atoms with E-state index in [1.165, 1.54) is 18.4 Å². The molecule has 0 bridgehead atoms. The molecule has 0 atom stereocenters. The zero-order valence-electron chi connectivity index (χ0n) is 6.20. The van der Waals surface area contributed by atoms with Crippen LogP contribution in [0.4, 0.5) is 0 Å². The lowest BCUT2D eigenvalue weighted by Gasteiger charge is -2.23. The van der Waals surface area contributed by atoms with Crippen LogP contribution in [0, 0.1) is 5.92 Å². The summed E-state index contributed by atoms with van der Waals surface area (Å²) in [5, 5.41) is 4.31. The van der Waals surface area contributed by atoms with Gasteiger partial charge in [-0.3, -0.25) is 0 Å². The van der Waals surface area contributed by atoms with Crippen molar-refractivity contribution in [3.05, 3.63) is 12.2 Å². The highest BCUT2D eigenvalue weighted by atomic mass is 79.9. The van der Waals surface area contributed by atoms with E-state index in [2.05, 4.69) is 27.8 Å². The minimum absolute atomic E-state index is 0.764. The van der Waals surface area contributed by atoms with E-state index in [1.54, 1.807) is 0 Å². The van der Waals surface area contributed by atoms with Gasteiger partial charge in [0.15, 0.2) is 0 Å². The van der Waals surface area contributed by atoms with Crippen molar-refractivity contribution in [1.29, 1.82) is 0 Å². The Morgan fingerprint density at radius 2 is 2.10 bits per heavy atom. The third kappa shape index (κ3) is 2.10. The third-order valence-corrected chi connectivity index (χ3v) is 2.81. The molecule has 1 rings (SSSR count). The van der Waals surface area contributed by atoms with Crippen LogP contribution < -0.4 is 5.32 Å². The van der Waals surface area contributed by atoms with Crippen LogP contribution in [0.15, 0.2) is 12.2 Å². The Hall–Kier alpha value is 0.180. The summed E-state index contributed by atoms with van der Waals surface area (Å²) in [6.07, 6.45) is 2.54. The van der Waals surface area contributed by atoms with Crippen molar-refractivity contribution in [2.24, 2.45) is 5.92 Å². The summed E-state index contributed by atoms with van der Waals surface area (Å²) in [7, 11) is 0. The van der Waals surface area contributed by atoms with Gasteiger partial charge >= 0.3 is 0 Å². The summed E-state index contributed by atoms with van der Waals surface area (Å²) in [6.45, 7) is 6.35. The molecule has 1 N–H and O–H groups in total. The van der Waals surface area contributed by atoms with E-state index < -0.39 is 0 Å². The van der Waals surface area contributed by atoms with E-state index >= 15 is 0 Å². The Morgan fingerprint density at radius 3 is 2.60 bits per heavy atom. The summed E-state index contributed by atoms with van der Waals surface area (Å²) in [5.74, 6) is 0.764. The van der Waals surface area contributed by atoms with Crippen LogP contribution in [-0.4, -0.2) is 18.4 Å². The minimum Gasteiger partial charge on any atom is -0.317 e. The van der Waals surface area contributed by atoms with Crippen LogP contribution in [0.5, 0.6) is 0 Å². The van der Waals surface area contributed by atoms with Crippen LogP contribution in [0.2, 0.25) is 0 Å². The van der Waals surface area contributed by atoms with E-state index in [0.29, 0.717) is 0 Å². The molecule has 0 radical (unpaired) electrons. The number of hydrogen-bond donors (Lipinski definition) is 1. The maximum atomic E-state index is 4.02. The molecule has 10 heavy (non-hydrogen) atoms. The highest BCUT2D eigenvalue weighted by molar-refractivity contribution is 9.09. The molecule has 1 nitrogen and oxygen atoms in total. The zero-order chi connectivity index (χ0) is 7.40. The van der Waals surface area contributed by atoms with Crippen molar-refractivity contribution in [2.45, 2.75) is 12.8 Å². The molecule has 2 heteroatoms. The summed E-state index contributed by atoms with van der Waals surface area (Å²) in [4.78, 5) is 0. The highest BCUT2D eigenvalue weighted by Crippen LogP contribution is 2.20.